The van der Waals surface area contributed by atoms with Crippen molar-refractivity contribution in [3.8, 4) is 0 Å². The third-order valence-electron chi connectivity index (χ3n) is 6.04. The number of hydrogen-bond acceptors (Lipinski definition) is 7. The number of aliphatic hydroxyl groups is 1. The summed E-state index contributed by atoms with van der Waals surface area (Å²) in [7, 11) is 0. The quantitative estimate of drug-likeness (QED) is 0.344. The van der Waals surface area contributed by atoms with Crippen LogP contribution in [-0.2, 0) is 22.7 Å². The number of fused-ring (bicyclic) bond motifs is 1. The summed E-state index contributed by atoms with van der Waals surface area (Å²) in [5.74, 6) is -0.465. The molecule has 2 heterocycles. The van der Waals surface area contributed by atoms with Gasteiger partial charge in [-0.05, 0) is 54.7 Å². The molecule has 1 aliphatic carbocycles. The van der Waals surface area contributed by atoms with E-state index in [0.717, 1.165) is 36.8 Å². The molecule has 2 amide bonds. The molecule has 1 saturated carbocycles. The minimum Gasteiger partial charge on any atom is -0.387 e. The van der Waals surface area contributed by atoms with Crippen molar-refractivity contribution in [2.45, 2.75) is 44.9 Å². The first-order chi connectivity index (χ1) is 16.9. The average molecular weight is 519 g/mol. The number of H-pyrrole nitrogens is 1. The van der Waals surface area contributed by atoms with Crippen molar-refractivity contribution in [2.24, 2.45) is 5.92 Å². The van der Waals surface area contributed by atoms with Crippen molar-refractivity contribution in [2.75, 3.05) is 13.2 Å². The molecule has 0 aliphatic heterocycles. The normalized spacial score (nSPS) is 17.9. The number of aliphatic hydroxyl groups excluding tert-OH is 1. The highest BCUT2D eigenvalue weighted by atomic mass is 35.5. The fraction of sp³-hybridized carbons (Fsp3) is 0.417. The summed E-state index contributed by atoms with van der Waals surface area (Å²) in [4.78, 5) is 44.0. The number of nitrogens with zero attached hydrogens (tertiary/aromatic N) is 1. The van der Waals surface area contributed by atoms with Gasteiger partial charge in [0.15, 0.2) is 0 Å². The standard InChI is InChI=1S/C24H27ClN4O5S/c25-17-3-1-2-15(8-17)9-26-23(33)21-28-22(32)20-16(13-35-24(20)29-21)12-34-11-14-4-6-18(7-5-14)27-19(31)10-30/h1-3,8,13-14,18,30H,4-7,9-12H2,(H,26,33)(H,27,31)(H,28,29,32). The predicted molar refractivity (Wildman–Crippen MR) is 133 cm³/mol. The second-order valence-corrected chi connectivity index (χ2v) is 9.92. The molecule has 35 heavy (non-hydrogen) atoms. The van der Waals surface area contributed by atoms with Crippen molar-refractivity contribution in [1.29, 1.82) is 0 Å². The van der Waals surface area contributed by atoms with Crippen LogP contribution >= 0.6 is 22.9 Å². The lowest BCUT2D eigenvalue weighted by Crippen LogP contribution is -2.39. The highest BCUT2D eigenvalue weighted by molar-refractivity contribution is 7.16. The van der Waals surface area contributed by atoms with Crippen LogP contribution in [0, 0.1) is 5.92 Å². The zero-order valence-electron chi connectivity index (χ0n) is 19.0. The highest BCUT2D eigenvalue weighted by Gasteiger charge is 2.23. The van der Waals surface area contributed by atoms with Crippen LogP contribution in [0.4, 0.5) is 0 Å². The van der Waals surface area contributed by atoms with Gasteiger partial charge in [0.05, 0.1) is 12.0 Å². The van der Waals surface area contributed by atoms with E-state index in [-0.39, 0.29) is 36.5 Å². The maximum Gasteiger partial charge on any atom is 0.287 e. The van der Waals surface area contributed by atoms with Crippen LogP contribution in [0.2, 0.25) is 5.02 Å². The highest BCUT2D eigenvalue weighted by Crippen LogP contribution is 2.26. The van der Waals surface area contributed by atoms with E-state index in [0.29, 0.717) is 27.8 Å². The molecule has 11 heteroatoms. The molecular formula is C24H27ClN4O5S. The summed E-state index contributed by atoms with van der Waals surface area (Å²) >= 11 is 7.27. The molecule has 3 aromatic rings. The van der Waals surface area contributed by atoms with Gasteiger partial charge in [-0.15, -0.1) is 11.3 Å². The van der Waals surface area contributed by atoms with Crippen LogP contribution < -0.4 is 16.2 Å². The number of amides is 2. The molecule has 4 N–H and O–H groups in total. The monoisotopic (exact) mass is 518 g/mol. The third-order valence-corrected chi connectivity index (χ3v) is 7.20. The SMILES string of the molecule is O=C(CO)NC1CCC(COCc2csc3nc(C(=O)NCc4cccc(Cl)c4)[nH]c(=O)c23)CC1. The predicted octanol–water partition coefficient (Wildman–Crippen LogP) is 2.75. The van der Waals surface area contributed by atoms with Crippen molar-refractivity contribution in [3.05, 3.63) is 62.0 Å². The molecule has 0 saturated heterocycles. The van der Waals surface area contributed by atoms with Gasteiger partial charge in [-0.25, -0.2) is 4.98 Å². The number of benzene rings is 1. The van der Waals surface area contributed by atoms with Crippen LogP contribution in [0.1, 0.15) is 47.4 Å². The van der Waals surface area contributed by atoms with Gasteiger partial charge in [0, 0.05) is 29.8 Å². The minimum absolute atomic E-state index is 0.0381. The number of hydrogen-bond donors (Lipinski definition) is 4. The van der Waals surface area contributed by atoms with E-state index in [1.165, 1.54) is 11.3 Å². The summed E-state index contributed by atoms with van der Waals surface area (Å²) in [5, 5.41) is 17.3. The van der Waals surface area contributed by atoms with E-state index in [2.05, 4.69) is 20.6 Å². The Morgan fingerprint density at radius 3 is 2.80 bits per heavy atom. The second kappa shape index (κ2) is 11.8. The van der Waals surface area contributed by atoms with Gasteiger partial charge in [-0.1, -0.05) is 23.7 Å². The molecule has 1 fully saturated rings. The van der Waals surface area contributed by atoms with Gasteiger partial charge in [0.25, 0.3) is 11.5 Å². The molecule has 0 unspecified atom stereocenters. The average Bonchev–Trinajstić information content (AvgIpc) is 3.27. The zero-order chi connectivity index (χ0) is 24.8. The Kier molecular flexibility index (Phi) is 8.50. The lowest BCUT2D eigenvalue weighted by Gasteiger charge is -2.28. The largest absolute Gasteiger partial charge is 0.387 e. The first kappa shape index (κ1) is 25.3. The molecule has 0 bridgehead atoms. The number of aromatic nitrogens is 2. The maximum atomic E-state index is 12.7. The number of thiophene rings is 1. The van der Waals surface area contributed by atoms with E-state index < -0.39 is 12.5 Å². The number of ether oxygens (including phenoxy) is 1. The number of nitrogens with one attached hydrogen (secondary N) is 3. The first-order valence-corrected chi connectivity index (χ1v) is 12.7. The Morgan fingerprint density at radius 1 is 1.26 bits per heavy atom. The first-order valence-electron chi connectivity index (χ1n) is 11.4. The Balaban J connectivity index is 1.30. The van der Waals surface area contributed by atoms with Crippen LogP contribution in [0.5, 0.6) is 0 Å². The summed E-state index contributed by atoms with van der Waals surface area (Å²) < 4.78 is 5.90. The van der Waals surface area contributed by atoms with Crippen molar-refractivity contribution in [3.63, 3.8) is 0 Å². The number of carbonyl (C=O) groups is 2. The molecule has 1 aliphatic rings. The summed E-state index contributed by atoms with van der Waals surface area (Å²) in [6.45, 7) is 0.626. The van der Waals surface area contributed by atoms with Crippen molar-refractivity contribution < 1.29 is 19.4 Å². The maximum absolute atomic E-state index is 12.7. The van der Waals surface area contributed by atoms with Crippen LogP contribution in [0.3, 0.4) is 0 Å². The lowest BCUT2D eigenvalue weighted by molar-refractivity contribution is -0.124. The molecule has 9 nitrogen and oxygen atoms in total. The minimum atomic E-state index is -0.485. The smallest absolute Gasteiger partial charge is 0.287 e. The van der Waals surface area contributed by atoms with Crippen LogP contribution in [-0.4, -0.2) is 46.1 Å². The Hall–Kier alpha value is -2.79. The van der Waals surface area contributed by atoms with Crippen LogP contribution in [0.15, 0.2) is 34.4 Å². The molecule has 4 rings (SSSR count). The number of rotatable bonds is 9. The Bertz CT molecular complexity index is 1250. The molecular weight excluding hydrogens is 492 g/mol. The summed E-state index contributed by atoms with van der Waals surface area (Å²) in [6, 6.07) is 7.26. The van der Waals surface area contributed by atoms with Crippen LogP contribution in [0.25, 0.3) is 10.2 Å². The molecule has 0 atom stereocenters. The van der Waals surface area contributed by atoms with E-state index in [1.807, 2.05) is 11.4 Å². The summed E-state index contributed by atoms with van der Waals surface area (Å²) in [6.07, 6.45) is 3.56. The number of carbonyl (C=O) groups excluding carboxylic acids is 2. The van der Waals surface area contributed by atoms with Gasteiger partial charge >= 0.3 is 0 Å². The van der Waals surface area contributed by atoms with E-state index in [4.69, 9.17) is 21.4 Å². The second-order valence-electron chi connectivity index (χ2n) is 8.63. The molecule has 0 radical (unpaired) electrons. The fourth-order valence-electron chi connectivity index (χ4n) is 4.22. The fourth-order valence-corrected chi connectivity index (χ4v) is 5.35. The third kappa shape index (κ3) is 6.66. The van der Waals surface area contributed by atoms with Crippen molar-refractivity contribution in [1.82, 2.24) is 20.6 Å². The van der Waals surface area contributed by atoms with Gasteiger partial charge in [0.1, 0.15) is 11.4 Å². The number of halogens is 1. The Labute approximate surface area is 210 Å². The molecule has 1 aromatic carbocycles. The van der Waals surface area contributed by atoms with E-state index in [9.17, 15) is 14.4 Å². The zero-order valence-corrected chi connectivity index (χ0v) is 20.6. The molecule has 186 valence electrons. The van der Waals surface area contributed by atoms with E-state index in [1.54, 1.807) is 18.2 Å². The topological polar surface area (TPSA) is 133 Å². The van der Waals surface area contributed by atoms with Crippen molar-refractivity contribution >= 4 is 45.0 Å². The van der Waals surface area contributed by atoms with Gasteiger partial charge < -0.3 is 25.5 Å². The molecule has 2 aromatic heterocycles. The molecule has 0 spiro atoms. The summed E-state index contributed by atoms with van der Waals surface area (Å²) in [5.41, 5.74) is 1.21. The number of aromatic amines is 1. The van der Waals surface area contributed by atoms with Gasteiger partial charge in [-0.3, -0.25) is 14.4 Å². The van der Waals surface area contributed by atoms with Gasteiger partial charge in [0.2, 0.25) is 11.7 Å². The lowest BCUT2D eigenvalue weighted by atomic mass is 9.86. The Morgan fingerprint density at radius 2 is 2.06 bits per heavy atom. The van der Waals surface area contributed by atoms with E-state index >= 15 is 0 Å². The van der Waals surface area contributed by atoms with Gasteiger partial charge in [-0.2, -0.15) is 0 Å².